The highest BCUT2D eigenvalue weighted by Crippen LogP contribution is 2.04. The average Bonchev–Trinajstić information content (AvgIpc) is 2.13. The number of hydrogen-bond donors (Lipinski definition) is 0. The molecular weight excluding hydrogens is 172 g/mol. The highest BCUT2D eigenvalue weighted by molar-refractivity contribution is 5.88. The zero-order chi connectivity index (χ0) is 10.3. The summed E-state index contributed by atoms with van der Waals surface area (Å²) in [5.74, 6) is -1.53. The lowest BCUT2D eigenvalue weighted by atomic mass is 10.2. The van der Waals surface area contributed by atoms with Crippen LogP contribution in [0, 0.1) is 0 Å². The average molecular weight is 184 g/mol. The maximum atomic E-state index is 10.9. The van der Waals surface area contributed by atoms with Crippen LogP contribution in [0.2, 0.25) is 0 Å². The second-order valence-corrected chi connectivity index (χ2v) is 2.33. The van der Waals surface area contributed by atoms with Crippen molar-refractivity contribution in [3.8, 4) is 0 Å². The van der Waals surface area contributed by atoms with Gasteiger partial charge in [-0.05, 0) is 6.42 Å². The zero-order valence-electron chi connectivity index (χ0n) is 7.54. The van der Waals surface area contributed by atoms with Crippen molar-refractivity contribution in [2.75, 3.05) is 0 Å². The minimum Gasteiger partial charge on any atom is -0.242 e. The third-order valence-corrected chi connectivity index (χ3v) is 1.21. The van der Waals surface area contributed by atoms with E-state index in [2.05, 4.69) is 22.9 Å². The second kappa shape index (κ2) is 5.99. The molecule has 0 bridgehead atoms. The fourth-order valence-corrected chi connectivity index (χ4v) is 0.576. The first-order valence-electron chi connectivity index (χ1n) is 3.84. The number of hydrogen-bond acceptors (Lipinski definition) is 4. The third-order valence-electron chi connectivity index (χ3n) is 1.21. The molecule has 0 aromatic carbocycles. The van der Waals surface area contributed by atoms with Crippen molar-refractivity contribution in [3.05, 3.63) is 24.8 Å². The minimum absolute atomic E-state index is 0.277. The first-order chi connectivity index (χ1) is 6.11. The predicted octanol–water partition coefficient (Wildman–Crippen LogP) is 1.53. The molecule has 0 aliphatic heterocycles. The number of carbonyl (C=O) groups excluding carboxylic acids is 2. The molecule has 0 rings (SSSR count). The van der Waals surface area contributed by atoms with Crippen LogP contribution in [-0.2, 0) is 19.4 Å². The maximum absolute atomic E-state index is 10.9. The summed E-state index contributed by atoms with van der Waals surface area (Å²) in [6.07, 6.45) is 2.20. The molecule has 0 saturated carbocycles. The molecule has 0 fully saturated rings. The number of carbonyl (C=O) groups is 2. The van der Waals surface area contributed by atoms with Crippen LogP contribution in [0.15, 0.2) is 24.8 Å². The molecular formula is C9H12O4. The molecule has 72 valence electrons. The van der Waals surface area contributed by atoms with Gasteiger partial charge in [0.05, 0.1) is 0 Å². The van der Waals surface area contributed by atoms with E-state index in [0.29, 0.717) is 6.42 Å². The van der Waals surface area contributed by atoms with Gasteiger partial charge in [0.2, 0.25) is 0 Å². The molecule has 0 aromatic heterocycles. The van der Waals surface area contributed by atoms with Gasteiger partial charge in [0, 0.05) is 11.6 Å². The van der Waals surface area contributed by atoms with Crippen LogP contribution in [0.4, 0.5) is 0 Å². The van der Waals surface area contributed by atoms with Crippen LogP contribution in [0.25, 0.3) is 0 Å². The van der Waals surface area contributed by atoms with Crippen molar-refractivity contribution in [1.82, 2.24) is 0 Å². The lowest BCUT2D eigenvalue weighted by Gasteiger charge is -2.01. The van der Waals surface area contributed by atoms with Crippen molar-refractivity contribution in [3.63, 3.8) is 0 Å². The summed E-state index contributed by atoms with van der Waals surface area (Å²) in [6.45, 7) is 8.48. The minimum atomic E-state index is -0.808. The van der Waals surface area contributed by atoms with Crippen LogP contribution >= 0.6 is 0 Å². The van der Waals surface area contributed by atoms with Crippen molar-refractivity contribution < 1.29 is 19.4 Å². The van der Waals surface area contributed by atoms with E-state index in [1.807, 2.05) is 6.92 Å². The lowest BCUT2D eigenvalue weighted by Crippen LogP contribution is -2.10. The Kier molecular flexibility index (Phi) is 5.27. The molecule has 0 atom stereocenters. The van der Waals surface area contributed by atoms with Crippen molar-refractivity contribution in [1.29, 1.82) is 0 Å². The summed E-state index contributed by atoms with van der Waals surface area (Å²) in [6, 6.07) is 0. The quantitative estimate of drug-likeness (QED) is 0.377. The Balaban J connectivity index is 3.80. The van der Waals surface area contributed by atoms with Gasteiger partial charge in [-0.2, -0.15) is 0 Å². The SMILES string of the molecule is C=CC(=O)OOC(=O)C(=C)CCC. The van der Waals surface area contributed by atoms with Crippen LogP contribution in [0.3, 0.4) is 0 Å². The van der Waals surface area contributed by atoms with Crippen LogP contribution in [0.5, 0.6) is 0 Å². The van der Waals surface area contributed by atoms with E-state index in [1.54, 1.807) is 0 Å². The highest BCUT2D eigenvalue weighted by Gasteiger charge is 2.10. The van der Waals surface area contributed by atoms with Gasteiger partial charge in [-0.15, -0.1) is 0 Å². The van der Waals surface area contributed by atoms with E-state index in [-0.39, 0.29) is 5.57 Å². The molecule has 0 aliphatic rings. The zero-order valence-corrected chi connectivity index (χ0v) is 7.54. The Morgan fingerprint density at radius 2 is 2.00 bits per heavy atom. The van der Waals surface area contributed by atoms with E-state index < -0.39 is 11.9 Å². The summed E-state index contributed by atoms with van der Waals surface area (Å²) < 4.78 is 0. The second-order valence-electron chi connectivity index (χ2n) is 2.33. The largest absolute Gasteiger partial charge is 0.381 e. The van der Waals surface area contributed by atoms with Gasteiger partial charge in [-0.25, -0.2) is 19.4 Å². The summed E-state index contributed by atoms with van der Waals surface area (Å²) in [4.78, 5) is 29.6. The van der Waals surface area contributed by atoms with Gasteiger partial charge in [0.1, 0.15) is 0 Å². The Hall–Kier alpha value is -1.58. The van der Waals surface area contributed by atoms with E-state index >= 15 is 0 Å². The standard InChI is InChI=1S/C9H12O4/c1-4-6-7(3)9(11)13-12-8(10)5-2/h5H,2-4,6H2,1H3. The topological polar surface area (TPSA) is 52.6 Å². The van der Waals surface area contributed by atoms with Gasteiger partial charge in [-0.3, -0.25) is 0 Å². The molecule has 0 radical (unpaired) electrons. The van der Waals surface area contributed by atoms with Crippen LogP contribution in [0.1, 0.15) is 19.8 Å². The fraction of sp³-hybridized carbons (Fsp3) is 0.333. The fourth-order valence-electron chi connectivity index (χ4n) is 0.576. The summed E-state index contributed by atoms with van der Waals surface area (Å²) in [5, 5.41) is 0. The van der Waals surface area contributed by atoms with Crippen molar-refractivity contribution >= 4 is 11.9 Å². The molecule has 0 heterocycles. The van der Waals surface area contributed by atoms with Crippen LogP contribution < -0.4 is 0 Å². The monoisotopic (exact) mass is 184 g/mol. The van der Waals surface area contributed by atoms with Crippen LogP contribution in [-0.4, -0.2) is 11.9 Å². The Labute approximate surface area is 76.8 Å². The Bertz CT molecular complexity index is 230. The first kappa shape index (κ1) is 11.4. The highest BCUT2D eigenvalue weighted by atomic mass is 17.2. The molecule has 0 aliphatic carbocycles. The predicted molar refractivity (Wildman–Crippen MR) is 46.4 cm³/mol. The molecule has 0 amide bonds. The van der Waals surface area contributed by atoms with Gasteiger partial charge in [0.25, 0.3) is 0 Å². The summed E-state index contributed by atoms with van der Waals surface area (Å²) in [5.41, 5.74) is 0.277. The van der Waals surface area contributed by atoms with Crippen molar-refractivity contribution in [2.45, 2.75) is 19.8 Å². The van der Waals surface area contributed by atoms with E-state index in [1.165, 1.54) is 0 Å². The first-order valence-corrected chi connectivity index (χ1v) is 3.84. The van der Waals surface area contributed by atoms with Gasteiger partial charge in [-0.1, -0.05) is 26.5 Å². The molecule has 4 nitrogen and oxygen atoms in total. The normalized spacial score (nSPS) is 8.69. The van der Waals surface area contributed by atoms with E-state index in [4.69, 9.17) is 0 Å². The van der Waals surface area contributed by atoms with Gasteiger partial charge in [0.15, 0.2) is 0 Å². The van der Waals surface area contributed by atoms with E-state index in [0.717, 1.165) is 12.5 Å². The molecule has 0 spiro atoms. The number of rotatable bonds is 4. The molecule has 0 saturated heterocycles. The molecule has 13 heavy (non-hydrogen) atoms. The summed E-state index contributed by atoms with van der Waals surface area (Å²) >= 11 is 0. The smallest absolute Gasteiger partial charge is 0.242 e. The van der Waals surface area contributed by atoms with E-state index in [9.17, 15) is 9.59 Å². The lowest BCUT2D eigenvalue weighted by molar-refractivity contribution is -0.251. The van der Waals surface area contributed by atoms with Gasteiger partial charge >= 0.3 is 11.9 Å². The third kappa shape index (κ3) is 4.79. The van der Waals surface area contributed by atoms with Gasteiger partial charge < -0.3 is 0 Å². The molecule has 0 N–H and O–H groups in total. The molecule has 0 aromatic rings. The summed E-state index contributed by atoms with van der Waals surface area (Å²) in [7, 11) is 0. The Morgan fingerprint density at radius 3 is 2.46 bits per heavy atom. The van der Waals surface area contributed by atoms with Crippen molar-refractivity contribution in [2.24, 2.45) is 0 Å². The molecule has 0 unspecified atom stereocenters. The maximum Gasteiger partial charge on any atom is 0.381 e. The Morgan fingerprint density at radius 1 is 1.38 bits per heavy atom. The molecule has 4 heteroatoms.